The third kappa shape index (κ3) is 3.08. The molecule has 38 heavy (non-hydrogen) atoms. The number of phenols is 1. The molecule has 2 saturated heterocycles. The SMILES string of the molecule is CCCN1C(=O)C2CC=C3C(CC4(Cl)C(=O)N(CBr)C(=O)C4(Cl)C3c3ccc(O)c4ccccc34)C2C1=O. The van der Waals surface area contributed by atoms with Gasteiger partial charge in [0.1, 0.15) is 5.75 Å². The highest BCUT2D eigenvalue weighted by Gasteiger charge is 2.76. The average molecular weight is 620 g/mol. The lowest BCUT2D eigenvalue weighted by molar-refractivity contribution is -0.141. The molecule has 2 aromatic carbocycles. The number of fused-ring (bicyclic) bond motifs is 5. The maximum Gasteiger partial charge on any atom is 0.254 e. The Hall–Kier alpha value is -2.42. The van der Waals surface area contributed by atoms with E-state index in [1.165, 1.54) is 4.90 Å². The van der Waals surface area contributed by atoms with Crippen LogP contribution in [-0.4, -0.2) is 60.3 Å². The van der Waals surface area contributed by atoms with Gasteiger partial charge in [-0.05, 0) is 42.2 Å². The predicted molar refractivity (Wildman–Crippen MR) is 146 cm³/mol. The van der Waals surface area contributed by atoms with Crippen LogP contribution in [0.25, 0.3) is 10.8 Å². The van der Waals surface area contributed by atoms with Gasteiger partial charge in [-0.2, -0.15) is 0 Å². The number of halogens is 3. The molecule has 198 valence electrons. The summed E-state index contributed by atoms with van der Waals surface area (Å²) in [5.41, 5.74) is 1.30. The van der Waals surface area contributed by atoms with Gasteiger partial charge in [0, 0.05) is 17.8 Å². The quantitative estimate of drug-likeness (QED) is 0.232. The number of hydrogen-bond donors (Lipinski definition) is 1. The number of allylic oxidation sites excluding steroid dienone is 2. The maximum absolute atomic E-state index is 13.9. The smallest absolute Gasteiger partial charge is 0.254 e. The number of amides is 4. The Labute approximate surface area is 237 Å². The van der Waals surface area contributed by atoms with Crippen LogP contribution in [0.3, 0.4) is 0 Å². The van der Waals surface area contributed by atoms with Crippen LogP contribution in [0.1, 0.15) is 37.7 Å². The summed E-state index contributed by atoms with van der Waals surface area (Å²) in [5.74, 6) is -4.27. The number of carbonyl (C=O) groups excluding carboxylic acids is 4. The van der Waals surface area contributed by atoms with Gasteiger partial charge < -0.3 is 5.11 Å². The molecule has 6 rings (SSSR count). The van der Waals surface area contributed by atoms with Crippen LogP contribution >= 0.6 is 39.1 Å². The summed E-state index contributed by atoms with van der Waals surface area (Å²) in [5, 5.41) is 11.8. The van der Waals surface area contributed by atoms with E-state index in [0.717, 1.165) is 10.5 Å². The van der Waals surface area contributed by atoms with E-state index in [1.807, 2.05) is 25.1 Å². The van der Waals surface area contributed by atoms with Gasteiger partial charge >= 0.3 is 0 Å². The Bertz CT molecular complexity index is 1460. The molecule has 0 spiro atoms. The first-order valence-electron chi connectivity index (χ1n) is 12.7. The Morgan fingerprint density at radius 3 is 2.37 bits per heavy atom. The number of imide groups is 2. The van der Waals surface area contributed by atoms with Crippen molar-refractivity contribution in [3.8, 4) is 5.75 Å². The summed E-state index contributed by atoms with van der Waals surface area (Å²) in [4.78, 5) is 53.1. The van der Waals surface area contributed by atoms with Crippen molar-refractivity contribution in [1.82, 2.24) is 9.80 Å². The summed E-state index contributed by atoms with van der Waals surface area (Å²) < 4.78 is 0. The molecule has 4 aliphatic rings. The third-order valence-corrected chi connectivity index (χ3v) is 10.7. The van der Waals surface area contributed by atoms with Crippen LogP contribution in [0.15, 0.2) is 48.0 Å². The Balaban J connectivity index is 1.61. The molecular weight excluding hydrogens is 595 g/mol. The van der Waals surface area contributed by atoms with Gasteiger partial charge in [-0.1, -0.05) is 64.8 Å². The van der Waals surface area contributed by atoms with E-state index in [4.69, 9.17) is 23.2 Å². The van der Waals surface area contributed by atoms with Crippen molar-refractivity contribution in [2.45, 2.75) is 41.9 Å². The van der Waals surface area contributed by atoms with Gasteiger partial charge in [0.25, 0.3) is 11.8 Å². The normalized spacial score (nSPS) is 34.5. The van der Waals surface area contributed by atoms with E-state index in [9.17, 15) is 24.3 Å². The zero-order valence-electron chi connectivity index (χ0n) is 20.5. The number of rotatable bonds is 4. The van der Waals surface area contributed by atoms with Crippen LogP contribution in [0, 0.1) is 17.8 Å². The minimum Gasteiger partial charge on any atom is -0.507 e. The zero-order valence-corrected chi connectivity index (χ0v) is 23.6. The van der Waals surface area contributed by atoms with Crippen molar-refractivity contribution in [3.05, 3.63) is 53.6 Å². The first-order chi connectivity index (χ1) is 18.1. The van der Waals surface area contributed by atoms with Crippen molar-refractivity contribution in [2.24, 2.45) is 17.8 Å². The van der Waals surface area contributed by atoms with E-state index in [0.29, 0.717) is 35.7 Å². The highest BCUT2D eigenvalue weighted by Crippen LogP contribution is 2.66. The lowest BCUT2D eigenvalue weighted by Crippen LogP contribution is -2.60. The Morgan fingerprint density at radius 1 is 0.974 bits per heavy atom. The minimum atomic E-state index is -1.87. The molecule has 7 nitrogen and oxygen atoms in total. The number of aromatic hydroxyl groups is 1. The largest absolute Gasteiger partial charge is 0.507 e. The van der Waals surface area contributed by atoms with Crippen LogP contribution in [0.2, 0.25) is 0 Å². The number of likely N-dealkylation sites (tertiary alicyclic amines) is 2. The van der Waals surface area contributed by atoms with Crippen LogP contribution in [-0.2, 0) is 19.2 Å². The molecule has 0 radical (unpaired) electrons. The van der Waals surface area contributed by atoms with E-state index in [-0.39, 0.29) is 29.4 Å². The minimum absolute atomic E-state index is 0.0371. The predicted octanol–water partition coefficient (Wildman–Crippen LogP) is 4.67. The fourth-order valence-corrected chi connectivity index (χ4v) is 8.58. The van der Waals surface area contributed by atoms with E-state index < -0.39 is 45.2 Å². The van der Waals surface area contributed by atoms with Crippen LogP contribution < -0.4 is 0 Å². The second kappa shape index (κ2) is 8.80. The summed E-state index contributed by atoms with van der Waals surface area (Å²) in [7, 11) is 0. The summed E-state index contributed by atoms with van der Waals surface area (Å²) in [6.07, 6.45) is 2.86. The fourth-order valence-electron chi connectivity index (χ4n) is 7.17. The molecule has 1 saturated carbocycles. The van der Waals surface area contributed by atoms with Crippen LogP contribution in [0.4, 0.5) is 0 Å². The molecule has 4 amide bonds. The molecule has 2 aliphatic heterocycles. The third-order valence-electron chi connectivity index (χ3n) is 8.80. The van der Waals surface area contributed by atoms with E-state index in [1.54, 1.807) is 24.3 Å². The molecular formula is C28H25BrCl2N2O5. The molecule has 1 N–H and O–H groups in total. The number of carbonyl (C=O) groups is 4. The molecule has 0 aromatic heterocycles. The Kier molecular flexibility index (Phi) is 5.98. The highest BCUT2D eigenvalue weighted by atomic mass is 79.9. The van der Waals surface area contributed by atoms with Crippen molar-refractivity contribution < 1.29 is 24.3 Å². The van der Waals surface area contributed by atoms with E-state index >= 15 is 0 Å². The van der Waals surface area contributed by atoms with Crippen molar-refractivity contribution in [3.63, 3.8) is 0 Å². The summed E-state index contributed by atoms with van der Waals surface area (Å²) in [6.45, 7) is 2.24. The monoisotopic (exact) mass is 618 g/mol. The Morgan fingerprint density at radius 2 is 1.68 bits per heavy atom. The van der Waals surface area contributed by atoms with Gasteiger partial charge in [-0.25, -0.2) is 0 Å². The van der Waals surface area contributed by atoms with Gasteiger partial charge in [-0.3, -0.25) is 29.0 Å². The number of phenolic OH excluding ortho intramolecular Hbond substituents is 1. The van der Waals surface area contributed by atoms with E-state index in [2.05, 4.69) is 15.9 Å². The fraction of sp³-hybridized carbons (Fsp3) is 0.429. The topological polar surface area (TPSA) is 95.0 Å². The van der Waals surface area contributed by atoms with Gasteiger partial charge in [-0.15, -0.1) is 23.2 Å². The molecule has 2 aromatic rings. The second-order valence-electron chi connectivity index (χ2n) is 10.5. The van der Waals surface area contributed by atoms with Crippen LogP contribution in [0.5, 0.6) is 5.75 Å². The number of nitrogens with zero attached hydrogens (tertiary/aromatic N) is 2. The van der Waals surface area contributed by atoms with Crippen molar-refractivity contribution in [2.75, 3.05) is 12.0 Å². The van der Waals surface area contributed by atoms with Crippen molar-refractivity contribution >= 4 is 73.5 Å². The lowest BCUT2D eigenvalue weighted by Gasteiger charge is -2.51. The standard InChI is InChI=1S/C28H25BrCl2N2O5/c1-2-11-32-23(35)18-8-7-17-19(21(18)24(32)36)12-27(30)25(37)33(13-29)26(38)28(27,31)22(17)16-9-10-20(34)15-6-4-3-5-14(15)16/h3-7,9-10,18-19,21-22,34H,2,8,11-13H2,1H3. The summed E-state index contributed by atoms with van der Waals surface area (Å²) in [6, 6.07) is 10.5. The molecule has 2 heterocycles. The highest BCUT2D eigenvalue weighted by molar-refractivity contribution is 9.09. The number of alkyl halides is 3. The molecule has 0 bridgehead atoms. The first-order valence-corrected chi connectivity index (χ1v) is 14.6. The zero-order chi connectivity index (χ0) is 27.1. The van der Waals surface area contributed by atoms with Crippen molar-refractivity contribution in [1.29, 1.82) is 0 Å². The molecule has 6 unspecified atom stereocenters. The molecule has 2 aliphatic carbocycles. The molecule has 3 fully saturated rings. The van der Waals surface area contributed by atoms with Gasteiger partial charge in [0.05, 0.1) is 17.3 Å². The first kappa shape index (κ1) is 25.8. The lowest BCUT2D eigenvalue weighted by atomic mass is 9.56. The maximum atomic E-state index is 13.9. The average Bonchev–Trinajstić information content (AvgIpc) is 3.23. The molecule has 6 atom stereocenters. The summed E-state index contributed by atoms with van der Waals surface area (Å²) >= 11 is 17.8. The molecule has 10 heteroatoms. The second-order valence-corrected chi connectivity index (χ2v) is 12.3. The van der Waals surface area contributed by atoms with Gasteiger partial charge in [0.15, 0.2) is 9.75 Å². The van der Waals surface area contributed by atoms with Gasteiger partial charge in [0.2, 0.25) is 11.8 Å². The number of hydrogen-bond acceptors (Lipinski definition) is 5. The number of benzene rings is 2.